The predicted octanol–water partition coefficient (Wildman–Crippen LogP) is 21.1. The minimum Gasteiger partial charge on any atom is -0.497 e. The molecule has 1 atom stereocenters. The maximum atomic E-state index is 11.0. The zero-order valence-electron chi connectivity index (χ0n) is 48.6. The van der Waals surface area contributed by atoms with Gasteiger partial charge in [-0.3, -0.25) is 4.21 Å². The molecule has 6 aromatic carbocycles. The molecular weight excluding hydrogens is 869 g/mol. The van der Waals surface area contributed by atoms with E-state index in [1.807, 2.05) is 48.5 Å². The zero-order valence-corrected chi connectivity index (χ0v) is 49.4. The second-order valence-electron chi connectivity index (χ2n) is 20.8. The minimum atomic E-state index is -0.850. The first-order chi connectivity index (χ1) is 32.9. The van der Waals surface area contributed by atoms with Crippen LogP contribution in [0, 0.1) is 24.7 Å². The van der Waals surface area contributed by atoms with Crippen molar-refractivity contribution in [1.82, 2.24) is 0 Å². The van der Waals surface area contributed by atoms with Crippen LogP contribution >= 0.6 is 0 Å². The Morgan fingerprint density at radius 1 is 0.386 bits per heavy atom. The lowest BCUT2D eigenvalue weighted by molar-refractivity contribution is 0.414. The van der Waals surface area contributed by atoms with Gasteiger partial charge in [0.1, 0.15) is 5.75 Å². The summed E-state index contributed by atoms with van der Waals surface area (Å²) in [6.07, 6.45) is 2.95. The van der Waals surface area contributed by atoms with E-state index in [0.29, 0.717) is 29.6 Å². The minimum absolute atomic E-state index is 0.546. The number of benzene rings is 6. The van der Waals surface area contributed by atoms with E-state index < -0.39 is 10.8 Å². The van der Waals surface area contributed by atoms with Gasteiger partial charge in [0.15, 0.2) is 0 Å². The fourth-order valence-corrected chi connectivity index (χ4v) is 6.03. The molecule has 0 radical (unpaired) electrons. The van der Waals surface area contributed by atoms with Gasteiger partial charge in [-0.15, -0.1) is 0 Å². The van der Waals surface area contributed by atoms with E-state index in [9.17, 15) is 4.21 Å². The number of aryl methyl sites for hydroxylation is 1. The van der Waals surface area contributed by atoms with Crippen molar-refractivity contribution < 1.29 is 8.95 Å². The standard InChI is InChI=1S/C15H16.C10H14OS.C10H14O.C10H14.C9H12.C6H14.C4H10.C3H8/c1-12(2)13-8-10-15(11-9-13)14-6-4-3-5-7-14;1-8(2)9-4-6-10(7-5-9)12(3)11;1-8(2)9-4-6-10(11-3)7-5-9;1-8(2)10-6-4-9(3)5-7-10;1-8(2)9-6-4-3-5-7-9;1-5(2)6(3)4;1-4(2)3;1-3-2/h3-12H,1-2H3;4-8H,1-3H3;4-8H,1-3H3;4-8H,1-3H3;3-8H,1-2H3;5-6H,1-4H3;4H,1-3H3;3H2,1-2H3. The number of hydrogen-bond donors (Lipinski definition) is 0. The Kier molecular flexibility index (Phi) is 38.4. The van der Waals surface area contributed by atoms with Gasteiger partial charge in [0, 0.05) is 22.0 Å². The van der Waals surface area contributed by atoms with Gasteiger partial charge >= 0.3 is 0 Å². The lowest BCUT2D eigenvalue weighted by atomic mass is 9.99. The van der Waals surface area contributed by atoms with E-state index in [2.05, 4.69) is 248 Å². The quantitative estimate of drug-likeness (QED) is 0.144. The molecule has 6 aromatic rings. The summed E-state index contributed by atoms with van der Waals surface area (Å²) in [5.74, 6) is 6.52. The molecule has 0 aromatic heterocycles. The average Bonchev–Trinajstić information content (AvgIpc) is 3.33. The zero-order chi connectivity index (χ0) is 53.8. The molecule has 0 spiro atoms. The number of rotatable bonds is 9. The molecule has 0 fully saturated rings. The summed E-state index contributed by atoms with van der Waals surface area (Å²) in [4.78, 5) is 0.902. The van der Waals surface area contributed by atoms with E-state index >= 15 is 0 Å². The lowest BCUT2D eigenvalue weighted by Crippen LogP contribution is -1.95. The third-order valence-corrected chi connectivity index (χ3v) is 11.8. The molecule has 388 valence electrons. The summed E-state index contributed by atoms with van der Waals surface area (Å²) >= 11 is 0. The smallest absolute Gasteiger partial charge is 0.118 e. The van der Waals surface area contributed by atoms with Crippen LogP contribution in [-0.2, 0) is 10.8 Å². The van der Waals surface area contributed by atoms with Crippen LogP contribution in [0.1, 0.15) is 201 Å². The van der Waals surface area contributed by atoms with Crippen LogP contribution in [0.4, 0.5) is 0 Å². The van der Waals surface area contributed by atoms with Gasteiger partial charge in [0.2, 0.25) is 0 Å². The third-order valence-electron chi connectivity index (χ3n) is 10.9. The van der Waals surface area contributed by atoms with Crippen molar-refractivity contribution in [3.8, 4) is 16.9 Å². The van der Waals surface area contributed by atoms with Crippen molar-refractivity contribution in [3.05, 3.63) is 191 Å². The van der Waals surface area contributed by atoms with Crippen molar-refractivity contribution >= 4 is 10.8 Å². The molecule has 0 aliphatic carbocycles. The normalized spacial score (nSPS) is 10.7. The van der Waals surface area contributed by atoms with Gasteiger partial charge in [-0.25, -0.2) is 0 Å². The van der Waals surface area contributed by atoms with Gasteiger partial charge in [-0.05, 0) is 117 Å². The highest BCUT2D eigenvalue weighted by atomic mass is 32.2. The van der Waals surface area contributed by atoms with Gasteiger partial charge in [0.25, 0.3) is 0 Å². The first-order valence-electron chi connectivity index (χ1n) is 26.3. The van der Waals surface area contributed by atoms with Crippen LogP contribution in [0.15, 0.2) is 163 Å². The Morgan fingerprint density at radius 3 is 0.914 bits per heavy atom. The van der Waals surface area contributed by atoms with Gasteiger partial charge in [0.05, 0.1) is 7.11 Å². The number of ether oxygens (including phenoxy) is 1. The largest absolute Gasteiger partial charge is 0.497 e. The van der Waals surface area contributed by atoms with Crippen molar-refractivity contribution in [2.75, 3.05) is 13.4 Å². The summed E-state index contributed by atoms with van der Waals surface area (Å²) in [5.41, 5.74) is 10.8. The van der Waals surface area contributed by atoms with E-state index in [1.165, 1.54) is 50.9 Å². The molecule has 0 heterocycles. The number of hydrogen-bond acceptors (Lipinski definition) is 2. The Balaban J connectivity index is 0. The molecule has 2 nitrogen and oxygen atoms in total. The Labute approximate surface area is 436 Å². The van der Waals surface area contributed by atoms with Gasteiger partial charge in [-0.2, -0.15) is 0 Å². The van der Waals surface area contributed by atoms with Crippen molar-refractivity contribution in [1.29, 1.82) is 0 Å². The Morgan fingerprint density at radius 2 is 0.643 bits per heavy atom. The summed E-state index contributed by atoms with van der Waals surface area (Å²) in [7, 11) is 0.834. The van der Waals surface area contributed by atoms with Gasteiger partial charge < -0.3 is 4.74 Å². The fourth-order valence-electron chi connectivity index (χ4n) is 5.51. The van der Waals surface area contributed by atoms with Crippen LogP contribution in [0.3, 0.4) is 0 Å². The molecule has 1 unspecified atom stereocenters. The van der Waals surface area contributed by atoms with E-state index in [1.54, 1.807) is 13.4 Å². The fraction of sp³-hybridized carbons (Fsp3) is 0.463. The van der Waals surface area contributed by atoms with Crippen LogP contribution in [-0.4, -0.2) is 17.6 Å². The molecule has 70 heavy (non-hydrogen) atoms. The Bertz CT molecular complexity index is 2080. The average molecular weight is 972 g/mol. The van der Waals surface area contributed by atoms with Crippen molar-refractivity contribution in [2.24, 2.45) is 17.8 Å². The van der Waals surface area contributed by atoms with Crippen molar-refractivity contribution in [2.45, 2.75) is 179 Å². The summed E-state index contributed by atoms with van der Waals surface area (Å²) in [6.45, 7) is 43.8. The maximum absolute atomic E-state index is 11.0. The van der Waals surface area contributed by atoms with Crippen molar-refractivity contribution in [3.63, 3.8) is 0 Å². The highest BCUT2D eigenvalue weighted by Gasteiger charge is 2.02. The van der Waals surface area contributed by atoms with Crippen LogP contribution in [0.25, 0.3) is 11.1 Å². The van der Waals surface area contributed by atoms with Gasteiger partial charge in [-0.1, -0.05) is 277 Å². The topological polar surface area (TPSA) is 26.3 Å². The predicted molar refractivity (Wildman–Crippen MR) is 318 cm³/mol. The molecule has 0 N–H and O–H groups in total. The maximum Gasteiger partial charge on any atom is 0.118 e. The number of methoxy groups -OCH3 is 1. The molecule has 6 rings (SSSR count). The van der Waals surface area contributed by atoms with Crippen LogP contribution in [0.2, 0.25) is 0 Å². The molecular formula is C67H102O2S. The molecule has 3 heteroatoms. The second kappa shape index (κ2) is 39.9. The molecule has 0 saturated heterocycles. The lowest BCUT2D eigenvalue weighted by Gasteiger charge is -2.06. The monoisotopic (exact) mass is 971 g/mol. The summed E-state index contributed by atoms with van der Waals surface area (Å²) in [5, 5.41) is 0. The van der Waals surface area contributed by atoms with Crippen LogP contribution in [0.5, 0.6) is 5.75 Å². The molecule has 0 saturated carbocycles. The summed E-state index contributed by atoms with van der Waals surface area (Å²) < 4.78 is 16.1. The third kappa shape index (κ3) is 33.7. The van der Waals surface area contributed by atoms with Crippen LogP contribution < -0.4 is 4.74 Å². The molecule has 0 aliphatic rings. The van der Waals surface area contributed by atoms with E-state index in [4.69, 9.17) is 4.74 Å². The SMILES string of the molecule is CC(C)C.CC(C)C(C)C.CC(C)c1ccc(-c2ccccc2)cc1.CC(C)c1ccc(S(C)=O)cc1.CC(C)c1ccccc1.CCC.COc1ccc(C(C)C)cc1.Cc1ccc(C(C)C)cc1. The molecule has 0 amide bonds. The van der Waals surface area contributed by atoms with E-state index in [0.717, 1.165) is 28.4 Å². The first kappa shape index (κ1) is 67.3. The molecule has 0 bridgehead atoms. The second-order valence-corrected chi connectivity index (χ2v) is 22.2. The molecule has 0 aliphatic heterocycles. The summed E-state index contributed by atoms with van der Waals surface area (Å²) in [6, 6.07) is 54.7. The highest BCUT2D eigenvalue weighted by molar-refractivity contribution is 7.84. The highest BCUT2D eigenvalue weighted by Crippen LogP contribution is 2.23. The first-order valence-corrected chi connectivity index (χ1v) is 27.8. The van der Waals surface area contributed by atoms with E-state index in [-0.39, 0.29) is 0 Å². The Hall–Kier alpha value is -4.73.